The minimum Gasteiger partial charge on any atom is -0.355 e. The molecule has 0 bridgehead atoms. The summed E-state index contributed by atoms with van der Waals surface area (Å²) in [5.41, 5.74) is 1.03. The standard InChI is InChI=1S/C14H21ClN2O.ClH/c1-2-9-16-10-11-17-14(18)8-7-12-5-3-4-6-13(12)15;/h3-6,16H,2,7-11H2,1H3,(H,17,18);1H. The molecule has 0 fully saturated rings. The van der Waals surface area contributed by atoms with Crippen LogP contribution in [-0.2, 0) is 11.2 Å². The van der Waals surface area contributed by atoms with Crippen molar-refractivity contribution in [1.29, 1.82) is 0 Å². The summed E-state index contributed by atoms with van der Waals surface area (Å²) in [6, 6.07) is 7.64. The summed E-state index contributed by atoms with van der Waals surface area (Å²) < 4.78 is 0. The third-order valence-corrected chi connectivity index (χ3v) is 3.00. The summed E-state index contributed by atoms with van der Waals surface area (Å²) in [5.74, 6) is 0.0771. The van der Waals surface area contributed by atoms with E-state index < -0.39 is 0 Å². The van der Waals surface area contributed by atoms with Gasteiger partial charge in [-0.25, -0.2) is 0 Å². The van der Waals surface area contributed by atoms with E-state index in [0.29, 0.717) is 19.4 Å². The van der Waals surface area contributed by atoms with E-state index in [1.54, 1.807) is 0 Å². The van der Waals surface area contributed by atoms with Crippen LogP contribution in [0.15, 0.2) is 24.3 Å². The van der Waals surface area contributed by atoms with Gasteiger partial charge in [0.2, 0.25) is 5.91 Å². The van der Waals surface area contributed by atoms with Crippen LogP contribution in [0, 0.1) is 0 Å². The van der Waals surface area contributed by atoms with Gasteiger partial charge in [-0.2, -0.15) is 0 Å². The van der Waals surface area contributed by atoms with Crippen LogP contribution >= 0.6 is 24.0 Å². The minimum absolute atomic E-state index is 0. The highest BCUT2D eigenvalue weighted by Crippen LogP contribution is 2.16. The number of hydrogen-bond acceptors (Lipinski definition) is 2. The zero-order valence-electron chi connectivity index (χ0n) is 11.2. The summed E-state index contributed by atoms with van der Waals surface area (Å²) in [6.07, 6.45) is 2.28. The molecule has 0 atom stereocenters. The molecule has 0 aliphatic carbocycles. The van der Waals surface area contributed by atoms with Crippen LogP contribution in [0.2, 0.25) is 5.02 Å². The maximum Gasteiger partial charge on any atom is 0.220 e. The van der Waals surface area contributed by atoms with Gasteiger partial charge in [0, 0.05) is 24.5 Å². The Hall–Kier alpha value is -0.770. The maximum absolute atomic E-state index is 11.6. The van der Waals surface area contributed by atoms with Gasteiger partial charge in [-0.05, 0) is 31.0 Å². The number of halogens is 2. The zero-order valence-corrected chi connectivity index (χ0v) is 12.8. The average Bonchev–Trinajstić information content (AvgIpc) is 2.37. The second kappa shape index (κ2) is 11.1. The van der Waals surface area contributed by atoms with Crippen molar-refractivity contribution in [2.75, 3.05) is 19.6 Å². The van der Waals surface area contributed by atoms with E-state index in [1.165, 1.54) is 0 Å². The van der Waals surface area contributed by atoms with Gasteiger partial charge >= 0.3 is 0 Å². The molecule has 1 rings (SSSR count). The molecule has 5 heteroatoms. The van der Waals surface area contributed by atoms with Crippen LogP contribution in [0.5, 0.6) is 0 Å². The molecule has 0 saturated carbocycles. The number of nitrogens with one attached hydrogen (secondary N) is 2. The minimum atomic E-state index is 0. The Morgan fingerprint density at radius 3 is 2.63 bits per heavy atom. The fraction of sp³-hybridized carbons (Fsp3) is 0.500. The molecule has 1 aromatic rings. The first kappa shape index (κ1) is 18.2. The first-order valence-corrected chi connectivity index (χ1v) is 6.82. The molecule has 0 heterocycles. The van der Waals surface area contributed by atoms with Gasteiger partial charge in [0.25, 0.3) is 0 Å². The second-order valence-electron chi connectivity index (χ2n) is 4.19. The lowest BCUT2D eigenvalue weighted by molar-refractivity contribution is -0.121. The zero-order chi connectivity index (χ0) is 13.2. The molecule has 0 unspecified atom stereocenters. The van der Waals surface area contributed by atoms with Crippen LogP contribution in [0.4, 0.5) is 0 Å². The predicted octanol–water partition coefficient (Wildman–Crippen LogP) is 2.81. The Bertz CT molecular complexity index is 372. The highest BCUT2D eigenvalue weighted by molar-refractivity contribution is 6.31. The molecule has 1 amide bonds. The summed E-state index contributed by atoms with van der Waals surface area (Å²) in [7, 11) is 0. The third kappa shape index (κ3) is 8.09. The molecular formula is C14H22Cl2N2O. The fourth-order valence-electron chi connectivity index (χ4n) is 1.63. The summed E-state index contributed by atoms with van der Waals surface area (Å²) >= 11 is 6.03. The first-order chi connectivity index (χ1) is 8.74. The van der Waals surface area contributed by atoms with Crippen LogP contribution in [0.1, 0.15) is 25.3 Å². The van der Waals surface area contributed by atoms with Gasteiger partial charge in [0.1, 0.15) is 0 Å². The topological polar surface area (TPSA) is 41.1 Å². The van der Waals surface area contributed by atoms with E-state index in [4.69, 9.17) is 11.6 Å². The third-order valence-electron chi connectivity index (χ3n) is 2.63. The SMILES string of the molecule is CCCNCCNC(=O)CCc1ccccc1Cl.Cl. The molecule has 0 aromatic heterocycles. The van der Waals surface area contributed by atoms with Crippen LogP contribution < -0.4 is 10.6 Å². The Morgan fingerprint density at radius 1 is 1.21 bits per heavy atom. The molecule has 3 nitrogen and oxygen atoms in total. The van der Waals surface area contributed by atoms with Crippen molar-refractivity contribution >= 4 is 29.9 Å². The highest BCUT2D eigenvalue weighted by atomic mass is 35.5. The normalized spacial score (nSPS) is 9.79. The molecule has 19 heavy (non-hydrogen) atoms. The van der Waals surface area contributed by atoms with Gasteiger partial charge in [-0.3, -0.25) is 4.79 Å². The smallest absolute Gasteiger partial charge is 0.220 e. The quantitative estimate of drug-likeness (QED) is 0.725. The molecule has 0 spiro atoms. The van der Waals surface area contributed by atoms with Gasteiger partial charge in [-0.1, -0.05) is 36.7 Å². The number of rotatable bonds is 8. The van der Waals surface area contributed by atoms with E-state index in [1.807, 2.05) is 24.3 Å². The number of benzene rings is 1. The maximum atomic E-state index is 11.6. The lowest BCUT2D eigenvalue weighted by Gasteiger charge is -2.07. The number of aryl methyl sites for hydroxylation is 1. The molecule has 2 N–H and O–H groups in total. The van der Waals surface area contributed by atoms with Gasteiger partial charge < -0.3 is 10.6 Å². The monoisotopic (exact) mass is 304 g/mol. The van der Waals surface area contributed by atoms with E-state index in [-0.39, 0.29) is 18.3 Å². The number of amides is 1. The molecular weight excluding hydrogens is 283 g/mol. The number of hydrogen-bond donors (Lipinski definition) is 2. The van der Waals surface area contributed by atoms with Gasteiger partial charge in [-0.15, -0.1) is 12.4 Å². The van der Waals surface area contributed by atoms with E-state index in [9.17, 15) is 4.79 Å². The molecule has 1 aromatic carbocycles. The lowest BCUT2D eigenvalue weighted by atomic mass is 10.1. The number of carbonyl (C=O) groups excluding carboxylic acids is 1. The van der Waals surface area contributed by atoms with Gasteiger partial charge in [0.15, 0.2) is 0 Å². The average molecular weight is 305 g/mol. The van der Waals surface area contributed by atoms with Crippen molar-refractivity contribution in [2.45, 2.75) is 26.2 Å². The van der Waals surface area contributed by atoms with Crippen LogP contribution in [-0.4, -0.2) is 25.5 Å². The Balaban J connectivity index is 0.00000324. The van der Waals surface area contributed by atoms with E-state index >= 15 is 0 Å². The molecule has 0 saturated heterocycles. The molecule has 0 radical (unpaired) electrons. The second-order valence-corrected chi connectivity index (χ2v) is 4.60. The van der Waals surface area contributed by atoms with E-state index in [0.717, 1.165) is 30.1 Å². The highest BCUT2D eigenvalue weighted by Gasteiger charge is 2.03. The molecule has 0 aliphatic rings. The fourth-order valence-corrected chi connectivity index (χ4v) is 1.86. The largest absolute Gasteiger partial charge is 0.355 e. The number of carbonyl (C=O) groups is 1. The first-order valence-electron chi connectivity index (χ1n) is 6.45. The summed E-state index contributed by atoms with van der Waals surface area (Å²) in [6.45, 7) is 4.62. The van der Waals surface area contributed by atoms with Crippen molar-refractivity contribution in [3.63, 3.8) is 0 Å². The van der Waals surface area contributed by atoms with Gasteiger partial charge in [0.05, 0.1) is 0 Å². The van der Waals surface area contributed by atoms with Crippen molar-refractivity contribution in [1.82, 2.24) is 10.6 Å². The Labute approximate surface area is 126 Å². The van der Waals surface area contributed by atoms with Crippen molar-refractivity contribution in [2.24, 2.45) is 0 Å². The molecule has 0 aliphatic heterocycles. The van der Waals surface area contributed by atoms with Crippen molar-refractivity contribution in [3.05, 3.63) is 34.9 Å². The summed E-state index contributed by atoms with van der Waals surface area (Å²) in [4.78, 5) is 11.6. The van der Waals surface area contributed by atoms with Crippen LogP contribution in [0.25, 0.3) is 0 Å². The lowest BCUT2D eigenvalue weighted by Crippen LogP contribution is -2.32. The van der Waals surface area contributed by atoms with Crippen molar-refractivity contribution < 1.29 is 4.79 Å². The molecule has 108 valence electrons. The van der Waals surface area contributed by atoms with Crippen LogP contribution in [0.3, 0.4) is 0 Å². The summed E-state index contributed by atoms with van der Waals surface area (Å²) in [5, 5.41) is 6.86. The Kier molecular flexibility index (Phi) is 10.6. The Morgan fingerprint density at radius 2 is 1.95 bits per heavy atom. The van der Waals surface area contributed by atoms with Crippen molar-refractivity contribution in [3.8, 4) is 0 Å². The van der Waals surface area contributed by atoms with E-state index in [2.05, 4.69) is 17.6 Å². The predicted molar refractivity (Wildman–Crippen MR) is 83.2 cm³/mol.